The summed E-state index contributed by atoms with van der Waals surface area (Å²) in [4.78, 5) is 8.58. The number of nitrogens with zero attached hydrogens (tertiary/aromatic N) is 3. The molecule has 4 rings (SSSR count). The van der Waals surface area contributed by atoms with E-state index < -0.39 is 0 Å². The number of rotatable bonds is 3. The Balaban J connectivity index is 1.92. The van der Waals surface area contributed by atoms with Gasteiger partial charge in [0.15, 0.2) is 0 Å². The second-order valence-corrected chi connectivity index (χ2v) is 5.43. The molecule has 1 saturated heterocycles. The van der Waals surface area contributed by atoms with Crippen molar-refractivity contribution in [3.63, 3.8) is 0 Å². The van der Waals surface area contributed by atoms with Gasteiger partial charge in [-0.2, -0.15) is 0 Å². The molecule has 1 aliphatic heterocycles. The third kappa shape index (κ3) is 1.92. The van der Waals surface area contributed by atoms with Gasteiger partial charge in [-0.25, -0.2) is 9.97 Å². The Hall–Kier alpha value is -2.60. The van der Waals surface area contributed by atoms with Gasteiger partial charge in [0.25, 0.3) is 0 Å². The van der Waals surface area contributed by atoms with Gasteiger partial charge in [-0.1, -0.05) is 12.1 Å². The average Bonchev–Trinajstić information content (AvgIpc) is 2.87. The first kappa shape index (κ1) is 13.1. The van der Waals surface area contributed by atoms with Crippen LogP contribution < -0.4 is 11.1 Å². The Labute approximate surface area is 127 Å². The number of nitrogens with one attached hydrogen (secondary N) is 1. The van der Waals surface area contributed by atoms with Gasteiger partial charge < -0.3 is 20.4 Å². The highest BCUT2D eigenvalue weighted by molar-refractivity contribution is 6.00. The van der Waals surface area contributed by atoms with Crippen molar-refractivity contribution in [2.75, 3.05) is 31.3 Å². The molecule has 3 heterocycles. The summed E-state index contributed by atoms with van der Waals surface area (Å²) < 4.78 is 7.46. The normalized spacial score (nSPS) is 15.0. The van der Waals surface area contributed by atoms with E-state index in [-0.39, 0.29) is 0 Å². The smallest absolute Gasteiger partial charge is 0.146 e. The fourth-order valence-corrected chi connectivity index (χ4v) is 2.81. The van der Waals surface area contributed by atoms with E-state index >= 15 is 0 Å². The summed E-state index contributed by atoms with van der Waals surface area (Å²) in [5, 5.41) is 4.03. The van der Waals surface area contributed by atoms with Gasteiger partial charge in [0, 0.05) is 24.5 Å². The molecule has 22 heavy (non-hydrogen) atoms. The predicted molar refractivity (Wildman–Crippen MR) is 86.8 cm³/mol. The molecule has 6 nitrogen and oxygen atoms in total. The molecule has 0 saturated carbocycles. The number of hydrogen-bond acceptors (Lipinski definition) is 5. The minimum atomic E-state index is 0.321. The topological polar surface area (TPSA) is 78.0 Å². The minimum Gasteiger partial charge on any atom is -0.388 e. The van der Waals surface area contributed by atoms with Gasteiger partial charge in [0.05, 0.1) is 24.6 Å². The molecule has 0 bridgehead atoms. The molecule has 0 radical (unpaired) electrons. The van der Waals surface area contributed by atoms with Crippen LogP contribution in [0.5, 0.6) is 0 Å². The van der Waals surface area contributed by atoms with Crippen molar-refractivity contribution >= 4 is 22.5 Å². The summed E-state index contributed by atoms with van der Waals surface area (Å²) in [5.41, 5.74) is 10.2. The molecule has 6 heteroatoms. The van der Waals surface area contributed by atoms with Crippen LogP contribution in [-0.2, 0) is 4.74 Å². The Kier molecular flexibility index (Phi) is 2.97. The lowest BCUT2D eigenvalue weighted by Crippen LogP contribution is -2.30. The zero-order chi connectivity index (χ0) is 15.1. The van der Waals surface area contributed by atoms with Gasteiger partial charge in [0.2, 0.25) is 0 Å². The molecule has 0 aliphatic carbocycles. The van der Waals surface area contributed by atoms with E-state index in [1.54, 1.807) is 0 Å². The van der Waals surface area contributed by atoms with Gasteiger partial charge in [0.1, 0.15) is 17.8 Å². The van der Waals surface area contributed by atoms with Crippen LogP contribution in [0, 0.1) is 0 Å². The third-order valence-corrected chi connectivity index (χ3v) is 4.14. The van der Waals surface area contributed by atoms with Crippen molar-refractivity contribution in [3.05, 3.63) is 36.8 Å². The molecule has 2 aromatic heterocycles. The second-order valence-electron chi connectivity index (χ2n) is 5.43. The number of hydrogen-bond donors (Lipinski definition) is 2. The van der Waals surface area contributed by atoms with Crippen LogP contribution in [0.25, 0.3) is 22.2 Å². The number of anilines is 2. The summed E-state index contributed by atoms with van der Waals surface area (Å²) in [6.07, 6.45) is 3.62. The van der Waals surface area contributed by atoms with E-state index in [1.165, 1.54) is 6.33 Å². The van der Waals surface area contributed by atoms with Crippen molar-refractivity contribution < 1.29 is 4.74 Å². The van der Waals surface area contributed by atoms with E-state index in [1.807, 2.05) is 19.2 Å². The quantitative estimate of drug-likeness (QED) is 0.775. The lowest BCUT2D eigenvalue weighted by atomic mass is 10.1. The fourth-order valence-electron chi connectivity index (χ4n) is 2.81. The Bertz CT molecular complexity index is 820. The lowest BCUT2D eigenvalue weighted by Gasteiger charge is -2.27. The van der Waals surface area contributed by atoms with Crippen LogP contribution in [0.3, 0.4) is 0 Å². The molecule has 1 aliphatic rings. The lowest BCUT2D eigenvalue weighted by molar-refractivity contribution is -0.0215. The van der Waals surface area contributed by atoms with E-state index in [2.05, 4.69) is 38.2 Å². The monoisotopic (exact) mass is 295 g/mol. The van der Waals surface area contributed by atoms with Crippen molar-refractivity contribution in [2.24, 2.45) is 0 Å². The summed E-state index contributed by atoms with van der Waals surface area (Å²) in [6.45, 7) is 1.43. The maximum absolute atomic E-state index is 6.12. The van der Waals surface area contributed by atoms with Gasteiger partial charge in [-0.05, 0) is 17.7 Å². The van der Waals surface area contributed by atoms with E-state index in [4.69, 9.17) is 10.5 Å². The molecular weight excluding hydrogens is 278 g/mol. The molecule has 0 unspecified atom stereocenters. The largest absolute Gasteiger partial charge is 0.388 e. The van der Waals surface area contributed by atoms with E-state index in [9.17, 15) is 0 Å². The van der Waals surface area contributed by atoms with E-state index in [0.717, 1.165) is 27.8 Å². The number of nitrogens with two attached hydrogens (primary N) is 1. The maximum Gasteiger partial charge on any atom is 0.146 e. The first-order valence-electron chi connectivity index (χ1n) is 7.25. The zero-order valence-electron chi connectivity index (χ0n) is 12.3. The summed E-state index contributed by atoms with van der Waals surface area (Å²) in [6, 6.07) is 8.57. The molecule has 1 fully saturated rings. The van der Waals surface area contributed by atoms with Crippen molar-refractivity contribution in [1.82, 2.24) is 14.5 Å². The molecule has 3 aromatic rings. The number of benzene rings is 1. The van der Waals surface area contributed by atoms with Crippen LogP contribution in [0.1, 0.15) is 6.04 Å². The summed E-state index contributed by atoms with van der Waals surface area (Å²) in [5.74, 6) is 0.511. The van der Waals surface area contributed by atoms with Crippen LogP contribution in [0.2, 0.25) is 0 Å². The number of ether oxygens (including phenoxy) is 1. The standard InChI is InChI=1S/C16H17N5O/c1-18-11-4-2-10(3-5-11)13-6-21(12-7-22-8-12)16-14(13)15(17)19-9-20-16/h2-6,9,12,18H,7-8H2,1H3,(H2,17,19,20). The number of fused-ring (bicyclic) bond motifs is 1. The summed E-state index contributed by atoms with van der Waals surface area (Å²) in [7, 11) is 1.91. The van der Waals surface area contributed by atoms with Gasteiger partial charge in [-0.3, -0.25) is 0 Å². The summed E-state index contributed by atoms with van der Waals surface area (Å²) >= 11 is 0. The number of aromatic nitrogens is 3. The molecular formula is C16H17N5O. The molecule has 0 amide bonds. The molecule has 112 valence electrons. The zero-order valence-corrected chi connectivity index (χ0v) is 12.3. The molecule has 3 N–H and O–H groups in total. The SMILES string of the molecule is CNc1ccc(-c2cn(C3COC3)c3ncnc(N)c23)cc1. The second kappa shape index (κ2) is 4.99. The third-order valence-electron chi connectivity index (χ3n) is 4.14. The Morgan fingerprint density at radius 2 is 2.00 bits per heavy atom. The molecule has 1 aromatic carbocycles. The first-order chi connectivity index (χ1) is 10.8. The highest BCUT2D eigenvalue weighted by Crippen LogP contribution is 2.35. The van der Waals surface area contributed by atoms with Crippen molar-refractivity contribution in [2.45, 2.75) is 6.04 Å². The molecule has 0 spiro atoms. The van der Waals surface area contributed by atoms with E-state index in [0.29, 0.717) is 25.1 Å². The van der Waals surface area contributed by atoms with Gasteiger partial charge >= 0.3 is 0 Å². The first-order valence-corrected chi connectivity index (χ1v) is 7.25. The fraction of sp³-hybridized carbons (Fsp3) is 0.250. The number of nitrogen functional groups attached to an aromatic ring is 1. The Morgan fingerprint density at radius 1 is 1.23 bits per heavy atom. The van der Waals surface area contributed by atoms with Crippen molar-refractivity contribution in [1.29, 1.82) is 0 Å². The average molecular weight is 295 g/mol. The predicted octanol–water partition coefficient (Wildman–Crippen LogP) is 2.29. The van der Waals surface area contributed by atoms with Gasteiger partial charge in [-0.15, -0.1) is 0 Å². The maximum atomic E-state index is 6.12. The van der Waals surface area contributed by atoms with Crippen LogP contribution in [0.15, 0.2) is 36.8 Å². The van der Waals surface area contributed by atoms with Crippen LogP contribution in [0.4, 0.5) is 11.5 Å². The van der Waals surface area contributed by atoms with Crippen LogP contribution >= 0.6 is 0 Å². The van der Waals surface area contributed by atoms with Crippen molar-refractivity contribution in [3.8, 4) is 11.1 Å². The minimum absolute atomic E-state index is 0.321. The highest BCUT2D eigenvalue weighted by Gasteiger charge is 2.25. The Morgan fingerprint density at radius 3 is 2.64 bits per heavy atom. The molecule has 0 atom stereocenters. The highest BCUT2D eigenvalue weighted by atomic mass is 16.5. The van der Waals surface area contributed by atoms with Crippen LogP contribution in [-0.4, -0.2) is 34.8 Å².